The number of halogens is 2. The van der Waals surface area contributed by atoms with E-state index in [2.05, 4.69) is 0 Å². The number of ether oxygens (including phenoxy) is 1. The molecule has 0 radical (unpaired) electrons. The van der Waals surface area contributed by atoms with Gasteiger partial charge in [0.15, 0.2) is 6.10 Å². The predicted molar refractivity (Wildman–Crippen MR) is 60.2 cm³/mol. The van der Waals surface area contributed by atoms with Gasteiger partial charge in [-0.1, -0.05) is 17.7 Å². The van der Waals surface area contributed by atoms with Crippen molar-refractivity contribution >= 4 is 29.2 Å². The van der Waals surface area contributed by atoms with Crippen molar-refractivity contribution in [1.82, 2.24) is 0 Å². The first kappa shape index (κ1) is 13.1. The first-order chi connectivity index (χ1) is 7.56. The van der Waals surface area contributed by atoms with E-state index in [0.717, 1.165) is 0 Å². The molecule has 1 aromatic rings. The van der Waals surface area contributed by atoms with Crippen LogP contribution in [0.1, 0.15) is 11.7 Å². The smallest absolute Gasteiger partial charge is 0.337 e. The van der Waals surface area contributed by atoms with Gasteiger partial charge in [-0.05, 0) is 17.7 Å². The lowest BCUT2D eigenvalue weighted by Gasteiger charge is -2.13. The molecule has 2 N–H and O–H groups in total. The first-order valence-electron chi connectivity index (χ1n) is 4.45. The molecule has 0 aromatic heterocycles. The van der Waals surface area contributed by atoms with Gasteiger partial charge in [-0.3, -0.25) is 0 Å². The molecule has 0 aliphatic carbocycles. The zero-order chi connectivity index (χ0) is 12.1. The van der Waals surface area contributed by atoms with Crippen LogP contribution in [0.4, 0.5) is 0 Å². The van der Waals surface area contributed by atoms with Gasteiger partial charge in [-0.2, -0.15) is 0 Å². The SMILES string of the molecule is O=C(O)C(OCCCl)c1ccc(O)c(Cl)c1. The number of phenols is 1. The Labute approximate surface area is 102 Å². The van der Waals surface area contributed by atoms with Crippen molar-refractivity contribution in [2.24, 2.45) is 0 Å². The first-order valence-corrected chi connectivity index (χ1v) is 5.36. The van der Waals surface area contributed by atoms with E-state index in [1.807, 2.05) is 0 Å². The lowest BCUT2D eigenvalue weighted by Crippen LogP contribution is -2.16. The monoisotopic (exact) mass is 264 g/mol. The van der Waals surface area contributed by atoms with E-state index in [4.69, 9.17) is 33.0 Å². The Morgan fingerprint density at radius 1 is 1.50 bits per heavy atom. The molecular formula is C10H10Cl2O4. The van der Waals surface area contributed by atoms with E-state index < -0.39 is 12.1 Å². The molecule has 0 spiro atoms. The number of hydrogen-bond acceptors (Lipinski definition) is 3. The number of rotatable bonds is 5. The molecule has 0 saturated carbocycles. The second-order valence-corrected chi connectivity index (χ2v) is 3.77. The minimum Gasteiger partial charge on any atom is -0.506 e. The highest BCUT2D eigenvalue weighted by Crippen LogP contribution is 2.28. The van der Waals surface area contributed by atoms with Gasteiger partial charge in [0.1, 0.15) is 5.75 Å². The molecule has 1 rings (SSSR count). The summed E-state index contributed by atoms with van der Waals surface area (Å²) in [4.78, 5) is 10.9. The molecule has 0 heterocycles. The Morgan fingerprint density at radius 3 is 2.69 bits per heavy atom. The van der Waals surface area contributed by atoms with Gasteiger partial charge in [-0.25, -0.2) is 4.79 Å². The Hall–Kier alpha value is -0.970. The zero-order valence-electron chi connectivity index (χ0n) is 8.19. The van der Waals surface area contributed by atoms with Crippen LogP contribution in [-0.2, 0) is 9.53 Å². The van der Waals surface area contributed by atoms with E-state index >= 15 is 0 Å². The summed E-state index contributed by atoms with van der Waals surface area (Å²) in [5.41, 5.74) is 0.361. The van der Waals surface area contributed by atoms with Crippen molar-refractivity contribution in [2.45, 2.75) is 6.10 Å². The van der Waals surface area contributed by atoms with Crippen molar-refractivity contribution in [2.75, 3.05) is 12.5 Å². The number of carbonyl (C=O) groups is 1. The number of hydrogen-bond donors (Lipinski definition) is 2. The van der Waals surface area contributed by atoms with Crippen LogP contribution in [0.5, 0.6) is 5.75 Å². The second kappa shape index (κ2) is 5.94. The molecule has 1 atom stereocenters. The number of carboxylic acids is 1. The zero-order valence-corrected chi connectivity index (χ0v) is 9.70. The second-order valence-electron chi connectivity index (χ2n) is 2.99. The summed E-state index contributed by atoms with van der Waals surface area (Å²) in [5, 5.41) is 18.2. The number of carboxylic acid groups (broad SMARTS) is 1. The molecule has 1 unspecified atom stereocenters. The van der Waals surface area contributed by atoms with Crippen molar-refractivity contribution in [3.8, 4) is 5.75 Å². The molecule has 0 amide bonds. The van der Waals surface area contributed by atoms with Gasteiger partial charge in [-0.15, -0.1) is 11.6 Å². The third kappa shape index (κ3) is 3.27. The normalized spacial score (nSPS) is 12.4. The molecule has 1 aromatic carbocycles. The maximum absolute atomic E-state index is 10.9. The van der Waals surface area contributed by atoms with E-state index in [0.29, 0.717) is 5.56 Å². The lowest BCUT2D eigenvalue weighted by molar-refractivity contribution is -0.150. The van der Waals surface area contributed by atoms with Gasteiger partial charge < -0.3 is 14.9 Å². The summed E-state index contributed by atoms with van der Waals surface area (Å²) in [6.45, 7) is 0.122. The predicted octanol–water partition coefficient (Wildman–Crippen LogP) is 2.43. The molecular weight excluding hydrogens is 255 g/mol. The molecule has 16 heavy (non-hydrogen) atoms. The average Bonchev–Trinajstić information content (AvgIpc) is 2.23. The summed E-state index contributed by atoms with van der Waals surface area (Å²) < 4.78 is 5.06. The number of phenolic OH excluding ortho intramolecular Hbond substituents is 1. The van der Waals surface area contributed by atoms with Crippen molar-refractivity contribution in [1.29, 1.82) is 0 Å². The number of benzene rings is 1. The number of alkyl halides is 1. The Kier molecular flexibility index (Phi) is 4.86. The Balaban J connectivity index is 2.92. The van der Waals surface area contributed by atoms with Crippen LogP contribution in [0, 0.1) is 0 Å². The van der Waals surface area contributed by atoms with Crippen molar-refractivity contribution < 1.29 is 19.7 Å². The van der Waals surface area contributed by atoms with Gasteiger partial charge in [0, 0.05) is 5.88 Å². The fraction of sp³-hybridized carbons (Fsp3) is 0.300. The molecule has 88 valence electrons. The topological polar surface area (TPSA) is 66.8 Å². The van der Waals surface area contributed by atoms with Crippen LogP contribution in [0.15, 0.2) is 18.2 Å². The van der Waals surface area contributed by atoms with Crippen LogP contribution >= 0.6 is 23.2 Å². The molecule has 0 fully saturated rings. The van der Waals surface area contributed by atoms with Gasteiger partial charge >= 0.3 is 5.97 Å². The third-order valence-corrected chi connectivity index (χ3v) is 2.32. The average molecular weight is 265 g/mol. The van der Waals surface area contributed by atoms with Gasteiger partial charge in [0.25, 0.3) is 0 Å². The van der Waals surface area contributed by atoms with Gasteiger partial charge in [0.05, 0.1) is 11.6 Å². The standard InChI is InChI=1S/C10H10Cl2O4/c11-3-4-16-9(10(14)15)6-1-2-8(13)7(12)5-6/h1-2,5,9,13H,3-4H2,(H,14,15). The van der Waals surface area contributed by atoms with E-state index in [1.54, 1.807) is 0 Å². The number of aromatic hydroxyl groups is 1. The fourth-order valence-corrected chi connectivity index (χ4v) is 1.44. The van der Waals surface area contributed by atoms with Crippen molar-refractivity contribution in [3.63, 3.8) is 0 Å². The Morgan fingerprint density at radius 2 is 2.19 bits per heavy atom. The molecule has 0 aliphatic rings. The molecule has 6 heteroatoms. The highest BCUT2D eigenvalue weighted by Gasteiger charge is 2.21. The minimum atomic E-state index is -1.13. The summed E-state index contributed by atoms with van der Waals surface area (Å²) >= 11 is 11.1. The van der Waals surface area contributed by atoms with Crippen LogP contribution in [-0.4, -0.2) is 28.7 Å². The highest BCUT2D eigenvalue weighted by molar-refractivity contribution is 6.32. The summed E-state index contributed by atoms with van der Waals surface area (Å²) in [6, 6.07) is 4.11. The number of aliphatic carboxylic acids is 1. The maximum Gasteiger partial charge on any atom is 0.337 e. The van der Waals surface area contributed by atoms with E-state index in [-0.39, 0.29) is 23.3 Å². The van der Waals surface area contributed by atoms with E-state index in [1.165, 1.54) is 18.2 Å². The maximum atomic E-state index is 10.9. The minimum absolute atomic E-state index is 0.0817. The molecule has 4 nitrogen and oxygen atoms in total. The lowest BCUT2D eigenvalue weighted by atomic mass is 10.1. The van der Waals surface area contributed by atoms with Gasteiger partial charge in [0.2, 0.25) is 0 Å². The van der Waals surface area contributed by atoms with E-state index in [9.17, 15) is 9.90 Å². The van der Waals surface area contributed by atoms with Crippen LogP contribution in [0.3, 0.4) is 0 Å². The fourth-order valence-electron chi connectivity index (χ4n) is 1.16. The molecule has 0 aliphatic heterocycles. The summed E-state index contributed by atoms with van der Waals surface area (Å²) in [5.74, 6) is -1.03. The Bertz CT molecular complexity index is 381. The van der Waals surface area contributed by atoms with Crippen LogP contribution < -0.4 is 0 Å². The quantitative estimate of drug-likeness (QED) is 0.802. The molecule has 0 bridgehead atoms. The molecule has 0 saturated heterocycles. The third-order valence-electron chi connectivity index (χ3n) is 1.86. The highest BCUT2D eigenvalue weighted by atomic mass is 35.5. The summed E-state index contributed by atoms with van der Waals surface area (Å²) in [6.07, 6.45) is -1.13. The summed E-state index contributed by atoms with van der Waals surface area (Å²) in [7, 11) is 0. The largest absolute Gasteiger partial charge is 0.506 e. The van der Waals surface area contributed by atoms with Crippen LogP contribution in [0.2, 0.25) is 5.02 Å². The van der Waals surface area contributed by atoms with Crippen LogP contribution in [0.25, 0.3) is 0 Å². The van der Waals surface area contributed by atoms with Crippen molar-refractivity contribution in [3.05, 3.63) is 28.8 Å².